The summed E-state index contributed by atoms with van der Waals surface area (Å²) in [6.45, 7) is 6.01. The third-order valence-electron chi connectivity index (χ3n) is 4.30. The molecule has 0 unspecified atom stereocenters. The topological polar surface area (TPSA) is 29.3 Å². The van der Waals surface area contributed by atoms with Gasteiger partial charge in [-0.25, -0.2) is 4.98 Å². The molecule has 0 radical (unpaired) electrons. The first-order valence-corrected chi connectivity index (χ1v) is 8.40. The summed E-state index contributed by atoms with van der Waals surface area (Å²) in [6.07, 6.45) is 2.11. The smallest absolute Gasteiger partial charge is 0.160 e. The molecule has 0 aliphatic heterocycles. The lowest BCUT2D eigenvalue weighted by molar-refractivity contribution is -0.884. The Bertz CT molecular complexity index is 856. The second kappa shape index (κ2) is 6.29. The minimum absolute atomic E-state index is 0.808. The van der Waals surface area contributed by atoms with Gasteiger partial charge in [0.05, 0.1) is 32.5 Å². The van der Waals surface area contributed by atoms with Crippen LogP contribution in [0, 0.1) is 13.8 Å². The number of rotatable bonds is 5. The zero-order valence-corrected chi connectivity index (χ0v) is 15.3. The number of benzene rings is 1. The number of quaternary nitrogens is 1. The predicted molar refractivity (Wildman–Crippen MR) is 100 cm³/mol. The van der Waals surface area contributed by atoms with Gasteiger partial charge in [-0.05, 0) is 37.1 Å². The zero-order chi connectivity index (χ0) is 17.3. The summed E-state index contributed by atoms with van der Waals surface area (Å²) in [4.78, 5) is 4.82. The normalized spacial score (nSPS) is 11.9. The average molecular weight is 323 g/mol. The minimum atomic E-state index is 0.808. The van der Waals surface area contributed by atoms with Crippen LogP contribution in [0.5, 0.6) is 0 Å². The fourth-order valence-corrected chi connectivity index (χ4v) is 3.01. The first-order valence-electron chi connectivity index (χ1n) is 8.40. The average Bonchev–Trinajstić information content (AvgIpc) is 2.82. The van der Waals surface area contributed by atoms with Crippen molar-refractivity contribution in [3.63, 3.8) is 0 Å². The highest BCUT2D eigenvalue weighted by Crippen LogP contribution is 2.22. The van der Waals surface area contributed by atoms with Crippen molar-refractivity contribution in [1.82, 2.24) is 9.38 Å². The Morgan fingerprint density at radius 3 is 2.50 bits per heavy atom. The number of nitrogens with one attached hydrogen (secondary N) is 1. The van der Waals surface area contributed by atoms with Crippen LogP contribution < -0.4 is 5.32 Å². The van der Waals surface area contributed by atoms with Crippen molar-refractivity contribution >= 4 is 11.3 Å². The second-order valence-electron chi connectivity index (χ2n) is 7.49. The molecule has 0 saturated heterocycles. The van der Waals surface area contributed by atoms with Crippen LogP contribution in [0.3, 0.4) is 0 Å². The molecule has 0 amide bonds. The van der Waals surface area contributed by atoms with Crippen molar-refractivity contribution in [2.75, 3.05) is 26.5 Å². The molecule has 0 aliphatic rings. The van der Waals surface area contributed by atoms with E-state index in [9.17, 15) is 0 Å². The van der Waals surface area contributed by atoms with E-state index in [0.717, 1.165) is 34.6 Å². The Labute approximate surface area is 144 Å². The van der Waals surface area contributed by atoms with Crippen molar-refractivity contribution < 1.29 is 4.48 Å². The maximum Gasteiger partial charge on any atom is 0.160 e. The van der Waals surface area contributed by atoms with Crippen LogP contribution >= 0.6 is 0 Å². The number of pyridine rings is 1. The molecule has 0 spiro atoms. The monoisotopic (exact) mass is 323 g/mol. The standard InChI is InChI=1S/C20H27N4/c1-15-9-6-7-10-17(15)13-21-18-11-8-12-23-19(14-24(3,4)5)16(2)22-20(18)23/h6-12,21H,13-14H2,1-5H3/q+1. The number of fused-ring (bicyclic) bond motifs is 1. The molecule has 1 aromatic carbocycles. The summed E-state index contributed by atoms with van der Waals surface area (Å²) < 4.78 is 3.11. The van der Waals surface area contributed by atoms with Gasteiger partial charge in [-0.15, -0.1) is 0 Å². The highest BCUT2D eigenvalue weighted by Gasteiger charge is 2.17. The number of anilines is 1. The molecule has 0 saturated carbocycles. The van der Waals surface area contributed by atoms with Gasteiger partial charge in [0, 0.05) is 12.7 Å². The van der Waals surface area contributed by atoms with E-state index in [4.69, 9.17) is 4.98 Å². The van der Waals surface area contributed by atoms with Gasteiger partial charge in [-0.2, -0.15) is 0 Å². The minimum Gasteiger partial charge on any atom is -0.378 e. The van der Waals surface area contributed by atoms with Gasteiger partial charge in [-0.3, -0.25) is 4.40 Å². The maximum atomic E-state index is 4.82. The lowest BCUT2D eigenvalue weighted by atomic mass is 10.1. The van der Waals surface area contributed by atoms with Crippen molar-refractivity contribution in [2.45, 2.75) is 26.9 Å². The molecule has 1 N–H and O–H groups in total. The molecular formula is C20H27N4+. The Morgan fingerprint density at radius 1 is 1.04 bits per heavy atom. The highest BCUT2D eigenvalue weighted by atomic mass is 15.3. The van der Waals surface area contributed by atoms with Crippen LogP contribution in [0.15, 0.2) is 42.6 Å². The quantitative estimate of drug-likeness (QED) is 0.724. The molecule has 0 bridgehead atoms. The third kappa shape index (κ3) is 3.44. The van der Waals surface area contributed by atoms with Gasteiger partial charge in [0.25, 0.3) is 0 Å². The summed E-state index contributed by atoms with van der Waals surface area (Å²) in [6, 6.07) is 12.7. The highest BCUT2D eigenvalue weighted by molar-refractivity contribution is 5.68. The summed E-state index contributed by atoms with van der Waals surface area (Å²) in [7, 11) is 6.62. The molecule has 3 aromatic rings. The Balaban J connectivity index is 1.92. The first kappa shape index (κ1) is 16.5. The van der Waals surface area contributed by atoms with Crippen molar-refractivity contribution in [2.24, 2.45) is 0 Å². The van der Waals surface area contributed by atoms with Crippen molar-refractivity contribution in [3.05, 3.63) is 65.1 Å². The third-order valence-corrected chi connectivity index (χ3v) is 4.30. The predicted octanol–water partition coefficient (Wildman–Crippen LogP) is 3.77. The van der Waals surface area contributed by atoms with Crippen LogP contribution in [0.4, 0.5) is 5.69 Å². The van der Waals surface area contributed by atoms with E-state index in [-0.39, 0.29) is 0 Å². The zero-order valence-electron chi connectivity index (χ0n) is 15.3. The molecule has 0 fully saturated rings. The maximum absolute atomic E-state index is 4.82. The number of aryl methyl sites for hydroxylation is 2. The Morgan fingerprint density at radius 2 is 1.79 bits per heavy atom. The number of aromatic nitrogens is 2. The largest absolute Gasteiger partial charge is 0.378 e. The van der Waals surface area contributed by atoms with Gasteiger partial charge in [-0.1, -0.05) is 24.3 Å². The summed E-state index contributed by atoms with van der Waals surface area (Å²) >= 11 is 0. The Kier molecular flexibility index (Phi) is 4.33. The van der Waals surface area contributed by atoms with Gasteiger partial charge in [0.1, 0.15) is 12.2 Å². The van der Waals surface area contributed by atoms with E-state index in [1.807, 2.05) is 0 Å². The molecule has 2 heterocycles. The van der Waals surface area contributed by atoms with E-state index in [2.05, 4.69) is 87.3 Å². The van der Waals surface area contributed by atoms with E-state index in [1.165, 1.54) is 16.8 Å². The van der Waals surface area contributed by atoms with E-state index in [0.29, 0.717) is 0 Å². The van der Waals surface area contributed by atoms with Crippen LogP contribution in [0.2, 0.25) is 0 Å². The SMILES string of the molecule is Cc1ccccc1CNc1cccn2c(C[N+](C)(C)C)c(C)nc12. The van der Waals surface area contributed by atoms with E-state index >= 15 is 0 Å². The van der Waals surface area contributed by atoms with Gasteiger partial charge in [0.2, 0.25) is 0 Å². The molecule has 3 rings (SSSR count). The summed E-state index contributed by atoms with van der Waals surface area (Å²) in [5, 5.41) is 3.56. The lowest BCUT2D eigenvalue weighted by Gasteiger charge is -2.23. The number of hydrogen-bond donors (Lipinski definition) is 1. The number of hydrogen-bond acceptors (Lipinski definition) is 2. The molecule has 4 nitrogen and oxygen atoms in total. The van der Waals surface area contributed by atoms with Crippen LogP contribution in [-0.4, -0.2) is 35.0 Å². The van der Waals surface area contributed by atoms with Crippen LogP contribution in [0.25, 0.3) is 5.65 Å². The van der Waals surface area contributed by atoms with Crippen molar-refractivity contribution in [3.8, 4) is 0 Å². The first-order chi connectivity index (χ1) is 11.3. The number of imidazole rings is 1. The van der Waals surface area contributed by atoms with Gasteiger partial charge < -0.3 is 9.80 Å². The van der Waals surface area contributed by atoms with Crippen LogP contribution in [-0.2, 0) is 13.1 Å². The second-order valence-corrected chi connectivity index (χ2v) is 7.49. The van der Waals surface area contributed by atoms with E-state index in [1.54, 1.807) is 0 Å². The Hall–Kier alpha value is -2.33. The molecule has 126 valence electrons. The molecule has 2 aromatic heterocycles. The van der Waals surface area contributed by atoms with Crippen molar-refractivity contribution in [1.29, 1.82) is 0 Å². The fraction of sp³-hybridized carbons (Fsp3) is 0.350. The molecule has 0 atom stereocenters. The van der Waals surface area contributed by atoms with Crippen LogP contribution in [0.1, 0.15) is 22.5 Å². The molecule has 4 heteroatoms. The summed E-state index contributed by atoms with van der Waals surface area (Å²) in [5.41, 5.74) is 7.09. The summed E-state index contributed by atoms with van der Waals surface area (Å²) in [5.74, 6) is 0. The number of nitrogens with zero attached hydrogens (tertiary/aromatic N) is 3. The lowest BCUT2D eigenvalue weighted by Crippen LogP contribution is -2.34. The molecule has 0 aliphatic carbocycles. The molecular weight excluding hydrogens is 296 g/mol. The van der Waals surface area contributed by atoms with Gasteiger partial charge in [0.15, 0.2) is 5.65 Å². The molecule has 24 heavy (non-hydrogen) atoms. The van der Waals surface area contributed by atoms with Gasteiger partial charge >= 0.3 is 0 Å². The fourth-order valence-electron chi connectivity index (χ4n) is 3.01. The van der Waals surface area contributed by atoms with E-state index < -0.39 is 0 Å².